The summed E-state index contributed by atoms with van der Waals surface area (Å²) >= 11 is 12.3. The summed E-state index contributed by atoms with van der Waals surface area (Å²) in [5.41, 5.74) is 16.0. The van der Waals surface area contributed by atoms with E-state index in [2.05, 4.69) is 20.6 Å². The number of amides is 2. The van der Waals surface area contributed by atoms with Crippen molar-refractivity contribution in [2.75, 3.05) is 16.8 Å². The summed E-state index contributed by atoms with van der Waals surface area (Å²) in [6, 6.07) is 17.1. The van der Waals surface area contributed by atoms with Crippen molar-refractivity contribution in [3.63, 3.8) is 0 Å². The third-order valence-electron chi connectivity index (χ3n) is 5.71. The Bertz CT molecular complexity index is 1890. The van der Waals surface area contributed by atoms with Gasteiger partial charge in [-0.1, -0.05) is 59.6 Å². The summed E-state index contributed by atoms with van der Waals surface area (Å²) in [7, 11) is -9.55. The van der Waals surface area contributed by atoms with Gasteiger partial charge in [0.1, 0.15) is 10.7 Å². The molecule has 0 bridgehead atoms. The molecule has 2 amide bonds. The second kappa shape index (κ2) is 14.6. The Morgan fingerprint density at radius 2 is 1.52 bits per heavy atom. The second-order valence-corrected chi connectivity index (χ2v) is 12.0. The van der Waals surface area contributed by atoms with Crippen molar-refractivity contribution in [2.24, 2.45) is 0 Å². The molecule has 0 atom stereocenters. The summed E-state index contributed by atoms with van der Waals surface area (Å²) in [6.07, 6.45) is 1.09. The molecular weight excluding hydrogens is 662 g/mol. The molecule has 0 spiro atoms. The van der Waals surface area contributed by atoms with Crippen molar-refractivity contribution in [1.29, 1.82) is 0 Å². The van der Waals surface area contributed by atoms with Gasteiger partial charge >= 0.3 is 26.7 Å². The predicted octanol–water partition coefficient (Wildman–Crippen LogP) is 4.73. The number of rotatable bonds is 8. The van der Waals surface area contributed by atoms with E-state index in [-0.39, 0.29) is 24.0 Å². The first-order valence-corrected chi connectivity index (χ1v) is 15.8. The molecule has 3 aromatic carbocycles. The third-order valence-corrected chi connectivity index (χ3v) is 7.26. The van der Waals surface area contributed by atoms with Crippen LogP contribution in [0.1, 0.15) is 16.8 Å². The Morgan fingerprint density at radius 3 is 2.18 bits per heavy atom. The van der Waals surface area contributed by atoms with Gasteiger partial charge in [0, 0.05) is 17.8 Å². The molecular formula is C26H25Cl2FN6O7S2. The number of urea groups is 1. The zero-order valence-corrected chi connectivity index (χ0v) is 25.6. The summed E-state index contributed by atoms with van der Waals surface area (Å²) in [5, 5.41) is 5.97. The van der Waals surface area contributed by atoms with Crippen LogP contribution in [0.15, 0.2) is 71.6 Å². The van der Waals surface area contributed by atoms with Crippen LogP contribution in [0.5, 0.6) is 0 Å². The molecule has 0 saturated heterocycles. The normalized spacial score (nSPS) is 11.3. The summed E-state index contributed by atoms with van der Waals surface area (Å²) in [5.74, 6) is 0.291. The van der Waals surface area contributed by atoms with E-state index >= 15 is 0 Å². The number of hydrogen-bond acceptors (Lipinski definition) is 9. The molecule has 0 radical (unpaired) electrons. The second-order valence-electron chi connectivity index (χ2n) is 8.96. The van der Waals surface area contributed by atoms with Gasteiger partial charge in [-0.15, -0.1) is 3.89 Å². The number of nitrogens with one attached hydrogen (secondary N) is 2. The molecule has 234 valence electrons. The number of carbonyl (C=O) groups is 1. The highest BCUT2D eigenvalue weighted by atomic mass is 35.5. The molecule has 8 N–H and O–H groups in total. The number of nitrogens with two attached hydrogens (primary N) is 2. The van der Waals surface area contributed by atoms with Gasteiger partial charge in [-0.05, 0) is 59.9 Å². The molecule has 4 rings (SSSR count). The lowest BCUT2D eigenvalue weighted by atomic mass is 9.99. The number of halogens is 3. The minimum absolute atomic E-state index is 0.0601. The number of aryl methyl sites for hydroxylation is 2. The maximum absolute atomic E-state index is 13.2. The number of nitrogen functional groups attached to an aromatic ring is 2. The monoisotopic (exact) mass is 686 g/mol. The van der Waals surface area contributed by atoms with Gasteiger partial charge < -0.3 is 22.1 Å². The zero-order chi connectivity index (χ0) is 32.7. The average molecular weight is 688 g/mol. The first kappa shape index (κ1) is 34.4. The van der Waals surface area contributed by atoms with Gasteiger partial charge in [0.2, 0.25) is 5.95 Å². The molecule has 44 heavy (non-hydrogen) atoms. The van der Waals surface area contributed by atoms with Crippen LogP contribution in [0, 0.1) is 0 Å². The molecule has 0 aliphatic heterocycles. The molecule has 1 aromatic heterocycles. The lowest BCUT2D eigenvalue weighted by Crippen LogP contribution is -2.28. The molecule has 0 fully saturated rings. The van der Waals surface area contributed by atoms with Crippen molar-refractivity contribution in [3.8, 4) is 11.1 Å². The quantitative estimate of drug-likeness (QED) is 0.110. The van der Waals surface area contributed by atoms with Crippen molar-refractivity contribution in [3.05, 3.63) is 93.6 Å². The van der Waals surface area contributed by atoms with E-state index in [1.54, 1.807) is 18.2 Å². The minimum Gasteiger partial charge on any atom is -0.383 e. The number of benzene rings is 3. The van der Waals surface area contributed by atoms with E-state index in [9.17, 15) is 17.1 Å². The van der Waals surface area contributed by atoms with Gasteiger partial charge in [0.15, 0.2) is 0 Å². The minimum atomic E-state index is -4.88. The predicted molar refractivity (Wildman–Crippen MR) is 165 cm³/mol. The topological polar surface area (TPSA) is 228 Å². The first-order valence-electron chi connectivity index (χ1n) is 12.2. The van der Waals surface area contributed by atoms with Crippen LogP contribution in [-0.4, -0.2) is 41.9 Å². The fourth-order valence-corrected chi connectivity index (χ4v) is 4.74. The van der Waals surface area contributed by atoms with Crippen molar-refractivity contribution < 1.29 is 34.6 Å². The van der Waals surface area contributed by atoms with E-state index in [4.69, 9.17) is 52.2 Å². The molecule has 0 unspecified atom stereocenters. The third kappa shape index (κ3) is 10.9. The molecule has 13 nitrogen and oxygen atoms in total. The van der Waals surface area contributed by atoms with Crippen LogP contribution in [0.4, 0.5) is 26.1 Å². The number of carbonyl (C=O) groups excluding carboxylic acids is 1. The van der Waals surface area contributed by atoms with Gasteiger partial charge in [0.05, 0.1) is 15.7 Å². The van der Waals surface area contributed by atoms with Crippen LogP contribution in [-0.2, 0) is 40.0 Å². The highest BCUT2D eigenvalue weighted by molar-refractivity contribution is 7.86. The standard InChI is InChI=1S/C26H23Cl2FN6O3S.H2O4S/c27-20-9-8-17(12-21(20)28)23-22(34-25(31)35-24(23)30)10-7-15-3-1-4-16(11-15)14-32-26(36)33-18-5-2-6-19(13-18)39(29,37)38;1-5(2,3)4/h1-6,8-9,11-13H,7,10,14H2,(H2,32,33,36)(H4,30,31,34,35);(H2,1,2,3,4). The molecule has 0 saturated carbocycles. The number of anilines is 3. The van der Waals surface area contributed by atoms with Crippen LogP contribution in [0.25, 0.3) is 11.1 Å². The Morgan fingerprint density at radius 1 is 0.864 bits per heavy atom. The Kier molecular flexibility index (Phi) is 11.4. The van der Waals surface area contributed by atoms with E-state index < -0.39 is 31.5 Å². The lowest BCUT2D eigenvalue weighted by Gasteiger charge is -2.13. The van der Waals surface area contributed by atoms with Crippen LogP contribution in [0.2, 0.25) is 10.0 Å². The Hall–Kier alpha value is -4.06. The van der Waals surface area contributed by atoms with Gasteiger partial charge in [-0.2, -0.15) is 21.8 Å². The van der Waals surface area contributed by atoms with E-state index in [0.29, 0.717) is 34.1 Å². The molecule has 0 aliphatic rings. The maximum atomic E-state index is 13.2. The van der Waals surface area contributed by atoms with Crippen LogP contribution in [0.3, 0.4) is 0 Å². The molecule has 0 aliphatic carbocycles. The summed E-state index contributed by atoms with van der Waals surface area (Å²) in [6.45, 7) is 0.197. The van der Waals surface area contributed by atoms with Gasteiger partial charge in [-0.25, -0.2) is 9.78 Å². The zero-order valence-electron chi connectivity index (χ0n) is 22.4. The van der Waals surface area contributed by atoms with E-state index in [1.807, 2.05) is 24.3 Å². The van der Waals surface area contributed by atoms with Crippen molar-refractivity contribution in [1.82, 2.24) is 15.3 Å². The largest absolute Gasteiger partial charge is 0.394 e. The highest BCUT2D eigenvalue weighted by Gasteiger charge is 2.16. The van der Waals surface area contributed by atoms with Crippen LogP contribution >= 0.6 is 23.2 Å². The highest BCUT2D eigenvalue weighted by Crippen LogP contribution is 2.33. The van der Waals surface area contributed by atoms with E-state index in [0.717, 1.165) is 28.8 Å². The average Bonchev–Trinajstić information content (AvgIpc) is 2.91. The van der Waals surface area contributed by atoms with Crippen LogP contribution < -0.4 is 22.1 Å². The first-order chi connectivity index (χ1) is 20.5. The van der Waals surface area contributed by atoms with Crippen molar-refractivity contribution in [2.45, 2.75) is 24.3 Å². The number of aromatic nitrogens is 2. The fraction of sp³-hybridized carbons (Fsp3) is 0.115. The fourth-order valence-electron chi connectivity index (χ4n) is 3.93. The maximum Gasteiger partial charge on any atom is 0.394 e. The lowest BCUT2D eigenvalue weighted by molar-refractivity contribution is 0.251. The van der Waals surface area contributed by atoms with E-state index in [1.165, 1.54) is 12.1 Å². The Labute approximate surface area is 262 Å². The van der Waals surface area contributed by atoms with Gasteiger partial charge in [0.25, 0.3) is 0 Å². The smallest absolute Gasteiger partial charge is 0.383 e. The van der Waals surface area contributed by atoms with Crippen molar-refractivity contribution >= 4 is 67.3 Å². The summed E-state index contributed by atoms with van der Waals surface area (Å²) in [4.78, 5) is 20.3. The SMILES string of the molecule is Nc1nc(N)c(-c2ccc(Cl)c(Cl)c2)c(CCc2cccc(CNC(=O)Nc3cccc(S(=O)(=O)F)c3)c2)n1.O=S(=O)(O)O. The Balaban J connectivity index is 0.000000978. The molecule has 18 heteroatoms. The number of nitrogens with zero attached hydrogens (tertiary/aromatic N) is 2. The molecule has 1 heterocycles. The molecule has 4 aromatic rings. The van der Waals surface area contributed by atoms with Gasteiger partial charge in [-0.3, -0.25) is 9.11 Å². The summed E-state index contributed by atoms with van der Waals surface area (Å²) < 4.78 is 67.0. The number of hydrogen-bond donors (Lipinski definition) is 6.